The molecule has 0 saturated heterocycles. The van der Waals surface area contributed by atoms with Gasteiger partial charge in [0.05, 0.1) is 13.6 Å². The molecule has 0 saturated carbocycles. The lowest BCUT2D eigenvalue weighted by molar-refractivity contribution is -0.137. The van der Waals surface area contributed by atoms with Gasteiger partial charge in [0.15, 0.2) is 0 Å². The Morgan fingerprint density at radius 3 is 2.14 bits per heavy atom. The number of hydrogen-bond donors (Lipinski definition) is 0. The molecule has 0 heterocycles. The third kappa shape index (κ3) is 6.15. The minimum atomic E-state index is -4.29. The number of alkyl halides is 3. The first kappa shape index (κ1) is 21.5. The highest BCUT2D eigenvalue weighted by Gasteiger charge is 2.31. The first-order valence-corrected chi connectivity index (χ1v) is 13.7. The molecular formula is C23H23F3OSSi. The zero-order chi connectivity index (χ0) is 20.9. The van der Waals surface area contributed by atoms with E-state index in [9.17, 15) is 13.2 Å². The monoisotopic (exact) mass is 432 g/mol. The average molecular weight is 433 g/mol. The van der Waals surface area contributed by atoms with Crippen LogP contribution in [0.3, 0.4) is 0 Å². The van der Waals surface area contributed by atoms with E-state index in [0.717, 1.165) is 27.8 Å². The van der Waals surface area contributed by atoms with Gasteiger partial charge in [-0.2, -0.15) is 24.9 Å². The van der Waals surface area contributed by atoms with Crippen molar-refractivity contribution < 1.29 is 17.9 Å². The largest absolute Gasteiger partial charge is 0.457 e. The van der Waals surface area contributed by atoms with Gasteiger partial charge in [-0.05, 0) is 35.2 Å². The topological polar surface area (TPSA) is 9.23 Å². The van der Waals surface area contributed by atoms with Crippen molar-refractivity contribution in [3.05, 3.63) is 90.0 Å². The summed E-state index contributed by atoms with van der Waals surface area (Å²) >= 11 is 1.82. The second-order valence-corrected chi connectivity index (χ2v) is 13.7. The average Bonchev–Trinajstić information content (AvgIpc) is 2.68. The second-order valence-electron chi connectivity index (χ2n) is 7.51. The summed E-state index contributed by atoms with van der Waals surface area (Å²) in [7, 11) is -1.83. The summed E-state index contributed by atoms with van der Waals surface area (Å²) in [6.45, 7) is 4.38. The minimum Gasteiger partial charge on any atom is -0.457 e. The molecular weight excluding hydrogens is 409 g/mol. The van der Waals surface area contributed by atoms with Gasteiger partial charge in [0.2, 0.25) is 0 Å². The summed E-state index contributed by atoms with van der Waals surface area (Å²) in [6.07, 6.45) is -4.29. The number of hydrogen-bond acceptors (Lipinski definition) is 2. The number of ether oxygens (including phenoxy) is 1. The van der Waals surface area contributed by atoms with Gasteiger partial charge in [0, 0.05) is 5.75 Å². The van der Waals surface area contributed by atoms with Crippen molar-refractivity contribution in [3.63, 3.8) is 0 Å². The summed E-state index contributed by atoms with van der Waals surface area (Å²) in [5.74, 6) is 2.44. The molecule has 0 aliphatic rings. The highest BCUT2D eigenvalue weighted by molar-refractivity contribution is 8.00. The lowest BCUT2D eigenvalue weighted by Crippen LogP contribution is -2.44. The fraction of sp³-hybridized carbons (Fsp3) is 0.217. The Kier molecular flexibility index (Phi) is 6.75. The molecule has 3 aromatic rings. The molecule has 0 atom stereocenters. The molecule has 0 spiro atoms. The molecule has 152 valence electrons. The van der Waals surface area contributed by atoms with Crippen molar-refractivity contribution in [2.45, 2.75) is 25.0 Å². The summed E-state index contributed by atoms with van der Waals surface area (Å²) in [6, 6.07) is 23.3. The first-order chi connectivity index (χ1) is 13.7. The number of para-hydroxylation sites is 1. The normalized spacial score (nSPS) is 12.0. The van der Waals surface area contributed by atoms with E-state index >= 15 is 0 Å². The molecule has 6 heteroatoms. The van der Waals surface area contributed by atoms with E-state index in [1.54, 1.807) is 12.1 Å². The van der Waals surface area contributed by atoms with E-state index in [2.05, 4.69) is 19.2 Å². The molecule has 0 bridgehead atoms. The number of thioether (sulfide) groups is 1. The highest BCUT2D eigenvalue weighted by atomic mass is 32.2. The lowest BCUT2D eigenvalue weighted by atomic mass is 10.2. The van der Waals surface area contributed by atoms with Gasteiger partial charge < -0.3 is 4.74 Å². The Labute approximate surface area is 174 Å². The molecule has 0 radical (unpaired) electrons. The third-order valence-corrected chi connectivity index (χ3v) is 10.7. The van der Waals surface area contributed by atoms with Crippen molar-refractivity contribution >= 4 is 25.0 Å². The van der Waals surface area contributed by atoms with Gasteiger partial charge >= 0.3 is 6.18 Å². The molecule has 0 aliphatic heterocycles. The quantitative estimate of drug-likeness (QED) is 0.376. The molecule has 0 unspecified atom stereocenters. The SMILES string of the molecule is C[Si](C)(CSCc1cccc(Oc2ccccc2)c1)c1ccc(C(F)(F)F)cc1. The third-order valence-electron chi connectivity index (χ3n) is 4.60. The zero-order valence-electron chi connectivity index (χ0n) is 16.4. The van der Waals surface area contributed by atoms with Crippen LogP contribution in [0.2, 0.25) is 13.1 Å². The molecule has 3 aromatic carbocycles. The van der Waals surface area contributed by atoms with Gasteiger partial charge in [0.25, 0.3) is 0 Å². The maximum absolute atomic E-state index is 12.8. The van der Waals surface area contributed by atoms with E-state index in [0.29, 0.717) is 0 Å². The number of rotatable bonds is 7. The van der Waals surface area contributed by atoms with Crippen LogP contribution in [0.5, 0.6) is 11.5 Å². The summed E-state index contributed by atoms with van der Waals surface area (Å²) in [5.41, 5.74) is 0.578. The van der Waals surface area contributed by atoms with Crippen LogP contribution in [0, 0.1) is 0 Å². The van der Waals surface area contributed by atoms with Gasteiger partial charge in [-0.15, -0.1) is 0 Å². The fourth-order valence-corrected chi connectivity index (χ4v) is 7.54. The zero-order valence-corrected chi connectivity index (χ0v) is 18.2. The fourth-order valence-electron chi connectivity index (χ4n) is 2.94. The lowest BCUT2D eigenvalue weighted by Gasteiger charge is -2.23. The Balaban J connectivity index is 1.58. The molecule has 0 aromatic heterocycles. The van der Waals surface area contributed by atoms with E-state index < -0.39 is 19.8 Å². The van der Waals surface area contributed by atoms with Gasteiger partial charge in [-0.3, -0.25) is 0 Å². The molecule has 0 amide bonds. The van der Waals surface area contributed by atoms with E-state index in [-0.39, 0.29) is 0 Å². The molecule has 3 rings (SSSR count). The predicted molar refractivity (Wildman–Crippen MR) is 118 cm³/mol. The number of benzene rings is 3. The van der Waals surface area contributed by atoms with Crippen molar-refractivity contribution in [3.8, 4) is 11.5 Å². The van der Waals surface area contributed by atoms with Crippen molar-refractivity contribution in [1.82, 2.24) is 0 Å². The Morgan fingerprint density at radius 1 is 0.828 bits per heavy atom. The molecule has 0 fully saturated rings. The molecule has 1 nitrogen and oxygen atoms in total. The van der Waals surface area contributed by atoms with E-state index in [1.807, 2.05) is 60.3 Å². The van der Waals surface area contributed by atoms with Crippen LogP contribution >= 0.6 is 11.8 Å². The van der Waals surface area contributed by atoms with Crippen LogP contribution in [-0.2, 0) is 11.9 Å². The first-order valence-electron chi connectivity index (χ1n) is 9.31. The van der Waals surface area contributed by atoms with Crippen LogP contribution in [0.15, 0.2) is 78.9 Å². The van der Waals surface area contributed by atoms with Gasteiger partial charge in [0.1, 0.15) is 11.5 Å². The van der Waals surface area contributed by atoms with Crippen LogP contribution in [-0.4, -0.2) is 13.5 Å². The molecule has 29 heavy (non-hydrogen) atoms. The maximum atomic E-state index is 12.8. The Morgan fingerprint density at radius 2 is 1.48 bits per heavy atom. The van der Waals surface area contributed by atoms with Crippen LogP contribution in [0.4, 0.5) is 13.2 Å². The maximum Gasteiger partial charge on any atom is 0.416 e. The van der Waals surface area contributed by atoms with Crippen LogP contribution in [0.1, 0.15) is 11.1 Å². The predicted octanol–water partition coefficient (Wildman–Crippen LogP) is 6.89. The van der Waals surface area contributed by atoms with Crippen LogP contribution < -0.4 is 9.92 Å². The highest BCUT2D eigenvalue weighted by Crippen LogP contribution is 2.29. The van der Waals surface area contributed by atoms with Crippen molar-refractivity contribution in [1.29, 1.82) is 0 Å². The van der Waals surface area contributed by atoms with Crippen LogP contribution in [0.25, 0.3) is 0 Å². The summed E-state index contributed by atoms with van der Waals surface area (Å²) in [5, 5.41) is 1.97. The van der Waals surface area contributed by atoms with Gasteiger partial charge in [-0.1, -0.05) is 72.9 Å². The van der Waals surface area contributed by atoms with E-state index in [1.165, 1.54) is 17.7 Å². The summed E-state index contributed by atoms with van der Waals surface area (Å²) < 4.78 is 44.2. The van der Waals surface area contributed by atoms with Crippen molar-refractivity contribution in [2.24, 2.45) is 0 Å². The number of halogens is 3. The Hall–Kier alpha value is -2.18. The van der Waals surface area contributed by atoms with E-state index in [4.69, 9.17) is 4.74 Å². The molecule has 0 N–H and O–H groups in total. The standard InChI is InChI=1S/C23H23F3OSSi/c1-29(2,22-13-11-19(12-14-22)23(24,25)26)17-28-16-18-7-6-10-21(15-18)27-20-8-4-3-5-9-20/h3-15H,16-17H2,1-2H3. The minimum absolute atomic E-state index is 0.589. The van der Waals surface area contributed by atoms with Crippen molar-refractivity contribution in [2.75, 3.05) is 5.38 Å². The second kappa shape index (κ2) is 9.09. The van der Waals surface area contributed by atoms with Gasteiger partial charge in [-0.25, -0.2) is 0 Å². The molecule has 0 aliphatic carbocycles. The Bertz CT molecular complexity index is 925. The summed E-state index contributed by atoms with van der Waals surface area (Å²) in [4.78, 5) is 0. The smallest absolute Gasteiger partial charge is 0.416 e.